The Bertz CT molecular complexity index is 566. The summed E-state index contributed by atoms with van der Waals surface area (Å²) in [5, 5.41) is 12.0. The highest BCUT2D eigenvalue weighted by Crippen LogP contribution is 2.22. The third-order valence-electron chi connectivity index (χ3n) is 3.34. The second-order valence-electron chi connectivity index (χ2n) is 4.76. The summed E-state index contributed by atoms with van der Waals surface area (Å²) in [7, 11) is 0. The molecule has 20 heavy (non-hydrogen) atoms. The van der Waals surface area contributed by atoms with Gasteiger partial charge in [-0.25, -0.2) is 4.39 Å². The largest absolute Gasteiger partial charge is 0.349 e. The second kappa shape index (κ2) is 6.53. The molecule has 0 spiro atoms. The van der Waals surface area contributed by atoms with E-state index < -0.39 is 11.7 Å². The number of carbonyl (C=O) groups excluding carboxylic acids is 1. The Balaban J connectivity index is 2.21. The second-order valence-corrected chi connectivity index (χ2v) is 5.17. The lowest BCUT2D eigenvalue weighted by atomic mass is 10.1. The molecule has 1 aliphatic rings. The van der Waals surface area contributed by atoms with Crippen molar-refractivity contribution < 1.29 is 9.18 Å². The van der Waals surface area contributed by atoms with Crippen LogP contribution in [-0.2, 0) is 4.79 Å². The van der Waals surface area contributed by atoms with E-state index in [1.807, 2.05) is 0 Å². The molecule has 1 saturated carbocycles. The minimum Gasteiger partial charge on any atom is -0.349 e. The Morgan fingerprint density at radius 2 is 2.15 bits per heavy atom. The smallest absolute Gasteiger partial charge is 0.262 e. The number of nitrogens with one attached hydrogen (secondary N) is 1. The highest BCUT2D eigenvalue weighted by molar-refractivity contribution is 6.32. The van der Waals surface area contributed by atoms with Gasteiger partial charge in [0.05, 0.1) is 5.02 Å². The number of rotatable bonds is 3. The molecule has 0 unspecified atom stereocenters. The van der Waals surface area contributed by atoms with E-state index in [2.05, 4.69) is 5.32 Å². The van der Waals surface area contributed by atoms with Crippen molar-refractivity contribution in [1.82, 2.24) is 5.32 Å². The van der Waals surface area contributed by atoms with E-state index in [0.717, 1.165) is 25.7 Å². The molecular weight excluding hydrogens is 279 g/mol. The zero-order valence-electron chi connectivity index (χ0n) is 10.8. The van der Waals surface area contributed by atoms with Crippen LogP contribution in [0, 0.1) is 17.1 Å². The van der Waals surface area contributed by atoms with Crippen LogP contribution in [0.1, 0.15) is 31.2 Å². The van der Waals surface area contributed by atoms with E-state index in [0.29, 0.717) is 0 Å². The van der Waals surface area contributed by atoms with Gasteiger partial charge < -0.3 is 5.32 Å². The molecule has 1 aromatic rings. The van der Waals surface area contributed by atoms with Crippen LogP contribution in [0.25, 0.3) is 6.08 Å². The summed E-state index contributed by atoms with van der Waals surface area (Å²) >= 11 is 5.88. The number of halogens is 2. The van der Waals surface area contributed by atoms with Gasteiger partial charge in [0, 0.05) is 11.6 Å². The van der Waals surface area contributed by atoms with Crippen LogP contribution < -0.4 is 5.32 Å². The van der Waals surface area contributed by atoms with Gasteiger partial charge in [-0.15, -0.1) is 0 Å². The molecule has 2 rings (SSSR count). The van der Waals surface area contributed by atoms with Crippen LogP contribution in [0.2, 0.25) is 5.02 Å². The molecule has 0 atom stereocenters. The van der Waals surface area contributed by atoms with E-state index in [4.69, 9.17) is 16.9 Å². The van der Waals surface area contributed by atoms with Gasteiger partial charge in [-0.2, -0.15) is 5.26 Å². The van der Waals surface area contributed by atoms with Crippen LogP contribution >= 0.6 is 11.6 Å². The van der Waals surface area contributed by atoms with Crippen LogP contribution in [0.4, 0.5) is 4.39 Å². The van der Waals surface area contributed by atoms with Gasteiger partial charge in [0.25, 0.3) is 5.91 Å². The molecule has 1 aliphatic carbocycles. The molecule has 1 aromatic carbocycles. The predicted octanol–water partition coefficient (Wildman–Crippen LogP) is 3.44. The minimum absolute atomic E-state index is 0.0623. The van der Waals surface area contributed by atoms with Gasteiger partial charge in [0.15, 0.2) is 0 Å². The number of nitrogens with zero attached hydrogens (tertiary/aromatic N) is 1. The summed E-state index contributed by atoms with van der Waals surface area (Å²) in [6.45, 7) is 0. The summed E-state index contributed by atoms with van der Waals surface area (Å²) in [5.41, 5.74) is -0.0730. The van der Waals surface area contributed by atoms with Gasteiger partial charge in [0.2, 0.25) is 0 Å². The topological polar surface area (TPSA) is 52.9 Å². The molecule has 0 aliphatic heterocycles. The Kier molecular flexibility index (Phi) is 4.75. The molecule has 5 heteroatoms. The van der Waals surface area contributed by atoms with E-state index >= 15 is 0 Å². The maximum Gasteiger partial charge on any atom is 0.262 e. The molecule has 0 aromatic heterocycles. The highest BCUT2D eigenvalue weighted by atomic mass is 35.5. The van der Waals surface area contributed by atoms with Crippen molar-refractivity contribution in [2.24, 2.45) is 0 Å². The SMILES string of the molecule is N#C/C(=C/c1c(F)cccc1Cl)C(=O)NC1CCCC1. The molecule has 0 radical (unpaired) electrons. The molecule has 1 N–H and O–H groups in total. The lowest BCUT2D eigenvalue weighted by Crippen LogP contribution is -2.33. The average Bonchev–Trinajstić information content (AvgIpc) is 2.91. The molecule has 0 bridgehead atoms. The number of hydrogen-bond donors (Lipinski definition) is 1. The summed E-state index contributed by atoms with van der Waals surface area (Å²) in [6, 6.07) is 6.13. The van der Waals surface area contributed by atoms with Crippen molar-refractivity contribution in [3.05, 3.63) is 40.2 Å². The maximum atomic E-state index is 13.6. The Labute approximate surface area is 122 Å². The number of amides is 1. The van der Waals surface area contributed by atoms with Crippen molar-refractivity contribution in [3.8, 4) is 6.07 Å². The fraction of sp³-hybridized carbons (Fsp3) is 0.333. The van der Waals surface area contributed by atoms with Gasteiger partial charge in [-0.05, 0) is 31.1 Å². The number of benzene rings is 1. The van der Waals surface area contributed by atoms with Crippen molar-refractivity contribution in [3.63, 3.8) is 0 Å². The first-order chi connectivity index (χ1) is 9.61. The third kappa shape index (κ3) is 3.37. The highest BCUT2D eigenvalue weighted by Gasteiger charge is 2.19. The first-order valence-corrected chi connectivity index (χ1v) is 6.86. The standard InChI is InChI=1S/C15H14ClFN2O/c16-13-6-3-7-14(17)12(13)8-10(9-18)15(20)19-11-4-1-2-5-11/h3,6-8,11H,1-2,4-5H2,(H,19,20)/b10-8-. The van der Waals surface area contributed by atoms with Crippen molar-refractivity contribution in [2.45, 2.75) is 31.7 Å². The van der Waals surface area contributed by atoms with E-state index in [1.54, 1.807) is 6.07 Å². The number of nitriles is 1. The summed E-state index contributed by atoms with van der Waals surface area (Å²) in [6.07, 6.45) is 5.20. The third-order valence-corrected chi connectivity index (χ3v) is 3.67. The maximum absolute atomic E-state index is 13.6. The van der Waals surface area contributed by atoms with Gasteiger partial charge in [-0.1, -0.05) is 30.5 Å². The molecule has 1 fully saturated rings. The molecule has 1 amide bonds. The van der Waals surface area contributed by atoms with Crippen LogP contribution in [-0.4, -0.2) is 11.9 Å². The molecule has 104 valence electrons. The van der Waals surface area contributed by atoms with Gasteiger partial charge in [-0.3, -0.25) is 4.79 Å². The first kappa shape index (κ1) is 14.5. The van der Waals surface area contributed by atoms with Gasteiger partial charge >= 0.3 is 0 Å². The average molecular weight is 293 g/mol. The van der Waals surface area contributed by atoms with E-state index in [-0.39, 0.29) is 22.2 Å². The lowest BCUT2D eigenvalue weighted by Gasteiger charge is -2.11. The summed E-state index contributed by atoms with van der Waals surface area (Å²) in [5.74, 6) is -1.03. The summed E-state index contributed by atoms with van der Waals surface area (Å²) < 4.78 is 13.6. The van der Waals surface area contributed by atoms with Crippen molar-refractivity contribution in [2.75, 3.05) is 0 Å². The lowest BCUT2D eigenvalue weighted by molar-refractivity contribution is -0.117. The molecule has 0 saturated heterocycles. The molecule has 0 heterocycles. The fourth-order valence-corrected chi connectivity index (χ4v) is 2.49. The van der Waals surface area contributed by atoms with E-state index in [1.165, 1.54) is 24.3 Å². The van der Waals surface area contributed by atoms with Crippen molar-refractivity contribution >= 4 is 23.6 Å². The number of carbonyl (C=O) groups is 1. The minimum atomic E-state index is -0.557. The fourth-order valence-electron chi connectivity index (χ4n) is 2.27. The molecule has 3 nitrogen and oxygen atoms in total. The monoisotopic (exact) mass is 292 g/mol. The normalized spacial score (nSPS) is 15.9. The predicted molar refractivity (Wildman–Crippen MR) is 75.4 cm³/mol. The first-order valence-electron chi connectivity index (χ1n) is 6.48. The van der Waals surface area contributed by atoms with E-state index in [9.17, 15) is 9.18 Å². The Morgan fingerprint density at radius 1 is 1.45 bits per heavy atom. The van der Waals surface area contributed by atoms with Crippen LogP contribution in [0.3, 0.4) is 0 Å². The molecular formula is C15H14ClFN2O. The van der Waals surface area contributed by atoms with Gasteiger partial charge in [0.1, 0.15) is 17.5 Å². The van der Waals surface area contributed by atoms with Crippen LogP contribution in [0.15, 0.2) is 23.8 Å². The zero-order chi connectivity index (χ0) is 14.5. The zero-order valence-corrected chi connectivity index (χ0v) is 11.6. The van der Waals surface area contributed by atoms with Crippen molar-refractivity contribution in [1.29, 1.82) is 5.26 Å². The van der Waals surface area contributed by atoms with Crippen LogP contribution in [0.5, 0.6) is 0 Å². The summed E-state index contributed by atoms with van der Waals surface area (Å²) in [4.78, 5) is 12.0. The number of hydrogen-bond acceptors (Lipinski definition) is 2. The Hall–Kier alpha value is -1.86. The Morgan fingerprint density at radius 3 is 2.75 bits per heavy atom. The quantitative estimate of drug-likeness (QED) is 0.685.